The monoisotopic (exact) mass is 403 g/mol. The second-order valence-corrected chi connectivity index (χ2v) is 6.62. The summed E-state index contributed by atoms with van der Waals surface area (Å²) < 4.78 is 11.1. The average molecular weight is 404 g/mol. The van der Waals surface area contributed by atoms with Crippen LogP contribution in [0.4, 0.5) is 28.7 Å². The van der Waals surface area contributed by atoms with Crippen LogP contribution in [0.25, 0.3) is 0 Å². The van der Waals surface area contributed by atoms with Crippen LogP contribution in [0.3, 0.4) is 0 Å². The molecular formula is C18H15Cl2N5O2. The van der Waals surface area contributed by atoms with Gasteiger partial charge in [-0.3, -0.25) is 0 Å². The number of nitrogen functional groups attached to an aromatic ring is 1. The number of ether oxygens (including phenoxy) is 2. The summed E-state index contributed by atoms with van der Waals surface area (Å²) in [7, 11) is 0. The highest BCUT2D eigenvalue weighted by atomic mass is 35.5. The SMILES string of the molecule is Nc1c(Nc2cc(Cl)cc(Cl)c2)ncnc1Nc1ccc2c(c1)OCCO2. The van der Waals surface area contributed by atoms with Crippen molar-refractivity contribution in [2.24, 2.45) is 0 Å². The molecular weight excluding hydrogens is 389 g/mol. The lowest BCUT2D eigenvalue weighted by Gasteiger charge is -2.19. The minimum Gasteiger partial charge on any atom is -0.486 e. The van der Waals surface area contributed by atoms with E-state index in [-0.39, 0.29) is 0 Å². The second-order valence-electron chi connectivity index (χ2n) is 5.75. The molecule has 0 amide bonds. The Morgan fingerprint density at radius 3 is 2.15 bits per heavy atom. The molecule has 1 aliphatic heterocycles. The number of aromatic nitrogens is 2. The van der Waals surface area contributed by atoms with E-state index in [9.17, 15) is 0 Å². The predicted molar refractivity (Wildman–Crippen MR) is 107 cm³/mol. The molecule has 7 nitrogen and oxygen atoms in total. The van der Waals surface area contributed by atoms with Crippen LogP contribution in [0.2, 0.25) is 10.0 Å². The third kappa shape index (κ3) is 3.94. The number of hydrogen-bond donors (Lipinski definition) is 3. The van der Waals surface area contributed by atoms with Crippen molar-refractivity contribution < 1.29 is 9.47 Å². The number of fused-ring (bicyclic) bond motifs is 1. The van der Waals surface area contributed by atoms with E-state index in [1.807, 2.05) is 18.2 Å². The van der Waals surface area contributed by atoms with Gasteiger partial charge in [0.05, 0.1) is 0 Å². The summed E-state index contributed by atoms with van der Waals surface area (Å²) in [5.41, 5.74) is 8.01. The highest BCUT2D eigenvalue weighted by molar-refractivity contribution is 6.35. The van der Waals surface area contributed by atoms with Crippen LogP contribution in [0.1, 0.15) is 0 Å². The molecule has 3 aromatic rings. The molecule has 0 saturated heterocycles. The fourth-order valence-electron chi connectivity index (χ4n) is 2.62. The third-order valence-corrected chi connectivity index (χ3v) is 4.25. The summed E-state index contributed by atoms with van der Waals surface area (Å²) in [4.78, 5) is 8.40. The molecule has 2 aromatic carbocycles. The molecule has 0 aliphatic carbocycles. The molecule has 27 heavy (non-hydrogen) atoms. The van der Waals surface area contributed by atoms with Crippen molar-refractivity contribution in [3.8, 4) is 11.5 Å². The van der Waals surface area contributed by atoms with Gasteiger partial charge in [-0.25, -0.2) is 9.97 Å². The Hall–Kier alpha value is -2.90. The fourth-order valence-corrected chi connectivity index (χ4v) is 3.14. The predicted octanol–water partition coefficient (Wildman–Crippen LogP) is 4.62. The normalized spacial score (nSPS) is 12.5. The Morgan fingerprint density at radius 1 is 0.815 bits per heavy atom. The second kappa shape index (κ2) is 7.38. The molecule has 0 fully saturated rings. The van der Waals surface area contributed by atoms with Crippen molar-refractivity contribution >= 4 is 51.9 Å². The summed E-state index contributed by atoms with van der Waals surface area (Å²) in [5.74, 6) is 2.27. The standard InChI is InChI=1S/C18H15Cl2N5O2/c19-10-5-11(20)7-13(6-10)25-18-16(21)17(22-9-23-18)24-12-1-2-14-15(8-12)27-4-3-26-14/h1-2,5-9H,3-4,21H2,(H2,22,23,24,25). The summed E-state index contributed by atoms with van der Waals surface area (Å²) in [6.07, 6.45) is 1.41. The van der Waals surface area contributed by atoms with Crippen molar-refractivity contribution in [1.29, 1.82) is 0 Å². The molecule has 138 valence electrons. The quantitative estimate of drug-likeness (QED) is 0.584. The highest BCUT2D eigenvalue weighted by Gasteiger charge is 2.14. The van der Waals surface area contributed by atoms with Crippen LogP contribution in [0.15, 0.2) is 42.7 Å². The Bertz CT molecular complexity index is 979. The van der Waals surface area contributed by atoms with Crippen LogP contribution in [-0.2, 0) is 0 Å². The van der Waals surface area contributed by atoms with Gasteiger partial charge in [0.25, 0.3) is 0 Å². The van der Waals surface area contributed by atoms with Crippen LogP contribution < -0.4 is 25.8 Å². The zero-order chi connectivity index (χ0) is 18.8. The Kier molecular flexibility index (Phi) is 4.79. The lowest BCUT2D eigenvalue weighted by atomic mass is 10.2. The first-order valence-electron chi connectivity index (χ1n) is 8.09. The molecule has 0 bridgehead atoms. The van der Waals surface area contributed by atoms with E-state index in [1.54, 1.807) is 18.2 Å². The van der Waals surface area contributed by atoms with E-state index >= 15 is 0 Å². The number of nitrogens with two attached hydrogens (primary N) is 1. The number of halogens is 2. The molecule has 4 rings (SSSR count). The van der Waals surface area contributed by atoms with Crippen molar-refractivity contribution in [2.45, 2.75) is 0 Å². The molecule has 0 atom stereocenters. The first kappa shape index (κ1) is 17.5. The number of rotatable bonds is 4. The Labute approximate surface area is 165 Å². The zero-order valence-electron chi connectivity index (χ0n) is 14.0. The van der Waals surface area contributed by atoms with Crippen molar-refractivity contribution in [2.75, 3.05) is 29.6 Å². The fraction of sp³-hybridized carbons (Fsp3) is 0.111. The van der Waals surface area contributed by atoms with Gasteiger partial charge in [0, 0.05) is 27.5 Å². The number of nitrogens with zero attached hydrogens (tertiary/aromatic N) is 2. The topological polar surface area (TPSA) is 94.3 Å². The van der Waals surface area contributed by atoms with Crippen LogP contribution in [0, 0.1) is 0 Å². The van der Waals surface area contributed by atoms with E-state index in [4.69, 9.17) is 38.4 Å². The van der Waals surface area contributed by atoms with Crippen LogP contribution in [-0.4, -0.2) is 23.2 Å². The number of benzene rings is 2. The molecule has 0 radical (unpaired) electrons. The lowest BCUT2D eigenvalue weighted by molar-refractivity contribution is 0.171. The molecule has 1 aliphatic rings. The molecule has 1 aromatic heterocycles. The molecule has 0 saturated carbocycles. The maximum atomic E-state index is 6.22. The van der Waals surface area contributed by atoms with Crippen LogP contribution in [0.5, 0.6) is 11.5 Å². The van der Waals surface area contributed by atoms with Crippen molar-refractivity contribution in [3.05, 3.63) is 52.8 Å². The van der Waals surface area contributed by atoms with Gasteiger partial charge in [-0.1, -0.05) is 23.2 Å². The van der Waals surface area contributed by atoms with Gasteiger partial charge >= 0.3 is 0 Å². The zero-order valence-corrected chi connectivity index (χ0v) is 15.5. The van der Waals surface area contributed by atoms with Gasteiger partial charge in [-0.2, -0.15) is 0 Å². The third-order valence-electron chi connectivity index (χ3n) is 3.81. The Balaban J connectivity index is 1.58. The summed E-state index contributed by atoms with van der Waals surface area (Å²) >= 11 is 12.1. The smallest absolute Gasteiger partial charge is 0.163 e. The minimum absolute atomic E-state index is 0.350. The van der Waals surface area contributed by atoms with E-state index in [0.29, 0.717) is 57.8 Å². The van der Waals surface area contributed by atoms with E-state index in [0.717, 1.165) is 5.69 Å². The Morgan fingerprint density at radius 2 is 1.44 bits per heavy atom. The summed E-state index contributed by atoms with van der Waals surface area (Å²) in [5, 5.41) is 7.28. The van der Waals surface area contributed by atoms with Crippen LogP contribution >= 0.6 is 23.2 Å². The molecule has 0 unspecified atom stereocenters. The van der Waals surface area contributed by atoms with Gasteiger partial charge in [-0.05, 0) is 30.3 Å². The summed E-state index contributed by atoms with van der Waals surface area (Å²) in [6.45, 7) is 1.06. The van der Waals surface area contributed by atoms with E-state index < -0.39 is 0 Å². The number of hydrogen-bond acceptors (Lipinski definition) is 7. The maximum absolute atomic E-state index is 6.22. The first-order chi connectivity index (χ1) is 13.1. The van der Waals surface area contributed by atoms with Gasteiger partial charge in [0.15, 0.2) is 23.1 Å². The number of nitrogens with one attached hydrogen (secondary N) is 2. The molecule has 9 heteroatoms. The van der Waals surface area contributed by atoms with Gasteiger partial charge in [0.1, 0.15) is 25.2 Å². The van der Waals surface area contributed by atoms with E-state index in [2.05, 4.69) is 20.6 Å². The molecule has 2 heterocycles. The van der Waals surface area contributed by atoms with Gasteiger partial charge in [-0.15, -0.1) is 0 Å². The maximum Gasteiger partial charge on any atom is 0.163 e. The van der Waals surface area contributed by atoms with Gasteiger partial charge in [0.2, 0.25) is 0 Å². The first-order valence-corrected chi connectivity index (χ1v) is 8.84. The number of anilines is 5. The van der Waals surface area contributed by atoms with E-state index in [1.165, 1.54) is 6.33 Å². The summed E-state index contributed by atoms with van der Waals surface area (Å²) in [6, 6.07) is 10.6. The van der Waals surface area contributed by atoms with Crippen molar-refractivity contribution in [1.82, 2.24) is 9.97 Å². The molecule has 0 spiro atoms. The highest BCUT2D eigenvalue weighted by Crippen LogP contribution is 2.35. The average Bonchev–Trinajstić information content (AvgIpc) is 2.64. The minimum atomic E-state index is 0.350. The van der Waals surface area contributed by atoms with Gasteiger partial charge < -0.3 is 25.8 Å². The largest absolute Gasteiger partial charge is 0.486 e. The van der Waals surface area contributed by atoms with Crippen molar-refractivity contribution in [3.63, 3.8) is 0 Å². The lowest BCUT2D eigenvalue weighted by Crippen LogP contribution is -2.15. The molecule has 4 N–H and O–H groups in total.